The third-order valence-electron chi connectivity index (χ3n) is 1.83. The first-order valence-electron chi connectivity index (χ1n) is 4.16. The van der Waals surface area contributed by atoms with E-state index in [4.69, 9.17) is 5.11 Å². The Labute approximate surface area is 72.8 Å². The molecule has 1 unspecified atom stereocenters. The molecular weight excluding hydrogens is 159 g/mol. The number of aliphatic carboxylic acids is 1. The Bertz CT molecular complexity index is 158. The molecule has 12 heavy (non-hydrogen) atoms. The number of hydrogen-bond acceptors (Lipinski definition) is 1. The van der Waals surface area contributed by atoms with Crippen molar-refractivity contribution in [2.24, 2.45) is 11.8 Å². The molecule has 0 heterocycles. The van der Waals surface area contributed by atoms with E-state index >= 15 is 0 Å². The van der Waals surface area contributed by atoms with E-state index < -0.39 is 17.6 Å². The van der Waals surface area contributed by atoms with Crippen molar-refractivity contribution in [3.8, 4) is 0 Å². The standard InChI is InChI=1S/C9H17FO2/c1-6(2)7(8(11)12)5-9(3,4)10/h6-7H,5H2,1-4H3,(H,11,12). The molecule has 0 aromatic heterocycles. The fraction of sp³-hybridized carbons (Fsp3) is 0.889. The minimum Gasteiger partial charge on any atom is -0.481 e. The largest absolute Gasteiger partial charge is 0.481 e. The second-order valence-electron chi connectivity index (χ2n) is 4.11. The highest BCUT2D eigenvalue weighted by Crippen LogP contribution is 2.25. The van der Waals surface area contributed by atoms with Crippen LogP contribution in [0.5, 0.6) is 0 Å². The second-order valence-corrected chi connectivity index (χ2v) is 4.11. The monoisotopic (exact) mass is 176 g/mol. The Morgan fingerprint density at radius 3 is 2.00 bits per heavy atom. The molecule has 0 saturated carbocycles. The van der Waals surface area contributed by atoms with Crippen LogP contribution in [0.1, 0.15) is 34.1 Å². The van der Waals surface area contributed by atoms with Crippen LogP contribution in [0.15, 0.2) is 0 Å². The Kier molecular flexibility index (Phi) is 3.68. The van der Waals surface area contributed by atoms with Gasteiger partial charge in [0.15, 0.2) is 0 Å². The van der Waals surface area contributed by atoms with Crippen LogP contribution in [-0.4, -0.2) is 16.7 Å². The summed E-state index contributed by atoms with van der Waals surface area (Å²) in [5.41, 5.74) is -1.40. The average Bonchev–Trinajstić information content (AvgIpc) is 1.79. The van der Waals surface area contributed by atoms with E-state index in [1.807, 2.05) is 0 Å². The van der Waals surface area contributed by atoms with Crippen molar-refractivity contribution in [1.82, 2.24) is 0 Å². The van der Waals surface area contributed by atoms with Gasteiger partial charge in [-0.1, -0.05) is 13.8 Å². The number of carboxylic acids is 1. The molecule has 3 heteroatoms. The van der Waals surface area contributed by atoms with Crippen LogP contribution in [0, 0.1) is 11.8 Å². The Hall–Kier alpha value is -0.600. The normalized spacial score (nSPS) is 14.8. The van der Waals surface area contributed by atoms with Crippen molar-refractivity contribution >= 4 is 5.97 Å². The summed E-state index contributed by atoms with van der Waals surface area (Å²) in [5, 5.41) is 8.74. The number of halogens is 1. The van der Waals surface area contributed by atoms with Gasteiger partial charge in [0.2, 0.25) is 0 Å². The maximum Gasteiger partial charge on any atom is 0.306 e. The number of rotatable bonds is 4. The third-order valence-corrected chi connectivity index (χ3v) is 1.83. The molecule has 0 aliphatic rings. The van der Waals surface area contributed by atoms with Crippen LogP contribution >= 0.6 is 0 Å². The van der Waals surface area contributed by atoms with Gasteiger partial charge in [-0.2, -0.15) is 0 Å². The van der Waals surface area contributed by atoms with Crippen molar-refractivity contribution in [2.75, 3.05) is 0 Å². The van der Waals surface area contributed by atoms with Gasteiger partial charge in [-0.15, -0.1) is 0 Å². The molecule has 1 N–H and O–H groups in total. The molecule has 0 aromatic carbocycles. The fourth-order valence-electron chi connectivity index (χ4n) is 1.13. The van der Waals surface area contributed by atoms with Crippen LogP contribution in [0.2, 0.25) is 0 Å². The molecule has 0 aliphatic heterocycles. The van der Waals surface area contributed by atoms with Crippen LogP contribution in [0.4, 0.5) is 4.39 Å². The molecule has 0 spiro atoms. The van der Waals surface area contributed by atoms with Crippen LogP contribution in [-0.2, 0) is 4.79 Å². The first-order chi connectivity index (χ1) is 5.24. The van der Waals surface area contributed by atoms with E-state index in [1.165, 1.54) is 13.8 Å². The Morgan fingerprint density at radius 2 is 1.92 bits per heavy atom. The third kappa shape index (κ3) is 4.31. The summed E-state index contributed by atoms with van der Waals surface area (Å²) in [6.07, 6.45) is 0.0833. The maximum absolute atomic E-state index is 13.1. The highest BCUT2D eigenvalue weighted by atomic mass is 19.1. The zero-order chi connectivity index (χ0) is 9.94. The quantitative estimate of drug-likeness (QED) is 0.714. The SMILES string of the molecule is CC(C)C(CC(C)(C)F)C(=O)O. The predicted octanol–water partition coefficient (Wildman–Crippen LogP) is 2.48. The molecular formula is C9H17FO2. The maximum atomic E-state index is 13.1. The van der Waals surface area contributed by atoms with Crippen LogP contribution < -0.4 is 0 Å². The van der Waals surface area contributed by atoms with Crippen molar-refractivity contribution in [3.05, 3.63) is 0 Å². The van der Waals surface area contributed by atoms with E-state index in [2.05, 4.69) is 0 Å². The number of alkyl halides is 1. The van der Waals surface area contributed by atoms with E-state index in [9.17, 15) is 9.18 Å². The van der Waals surface area contributed by atoms with Gasteiger partial charge in [0.05, 0.1) is 5.92 Å². The fourth-order valence-corrected chi connectivity index (χ4v) is 1.13. The van der Waals surface area contributed by atoms with Crippen LogP contribution in [0.25, 0.3) is 0 Å². The zero-order valence-corrected chi connectivity index (χ0v) is 8.10. The van der Waals surface area contributed by atoms with Gasteiger partial charge in [0.25, 0.3) is 0 Å². The molecule has 0 radical (unpaired) electrons. The van der Waals surface area contributed by atoms with E-state index in [0.717, 1.165) is 0 Å². The number of carboxylic acid groups (broad SMARTS) is 1. The lowest BCUT2D eigenvalue weighted by molar-refractivity contribution is -0.144. The van der Waals surface area contributed by atoms with Crippen molar-refractivity contribution in [3.63, 3.8) is 0 Å². The molecule has 72 valence electrons. The summed E-state index contributed by atoms with van der Waals surface area (Å²) in [4.78, 5) is 10.7. The van der Waals surface area contributed by atoms with Gasteiger partial charge in [-0.05, 0) is 26.2 Å². The van der Waals surface area contributed by atoms with Crippen molar-refractivity contribution in [2.45, 2.75) is 39.8 Å². The van der Waals surface area contributed by atoms with Gasteiger partial charge in [-0.3, -0.25) is 4.79 Å². The van der Waals surface area contributed by atoms with E-state index in [-0.39, 0.29) is 12.3 Å². The lowest BCUT2D eigenvalue weighted by Gasteiger charge is -2.22. The van der Waals surface area contributed by atoms with Gasteiger partial charge in [0, 0.05) is 0 Å². The molecule has 0 saturated heterocycles. The first kappa shape index (κ1) is 11.4. The second kappa shape index (κ2) is 3.87. The van der Waals surface area contributed by atoms with E-state index in [1.54, 1.807) is 13.8 Å². The minimum atomic E-state index is -1.40. The first-order valence-corrected chi connectivity index (χ1v) is 4.16. The zero-order valence-electron chi connectivity index (χ0n) is 8.10. The Balaban J connectivity index is 4.25. The highest BCUT2D eigenvalue weighted by Gasteiger charge is 2.29. The summed E-state index contributed by atoms with van der Waals surface area (Å²) in [5.74, 6) is -1.50. The number of hydrogen-bond donors (Lipinski definition) is 1. The summed E-state index contributed by atoms with van der Waals surface area (Å²) in [6.45, 7) is 6.41. The summed E-state index contributed by atoms with van der Waals surface area (Å²) >= 11 is 0. The molecule has 0 aliphatic carbocycles. The molecule has 1 atom stereocenters. The van der Waals surface area contributed by atoms with Gasteiger partial charge in [0.1, 0.15) is 5.67 Å². The van der Waals surface area contributed by atoms with Crippen molar-refractivity contribution < 1.29 is 14.3 Å². The van der Waals surface area contributed by atoms with Crippen LogP contribution in [0.3, 0.4) is 0 Å². The van der Waals surface area contributed by atoms with E-state index in [0.29, 0.717) is 0 Å². The molecule has 0 amide bonds. The smallest absolute Gasteiger partial charge is 0.306 e. The summed E-state index contributed by atoms with van der Waals surface area (Å²) < 4.78 is 13.1. The van der Waals surface area contributed by atoms with Gasteiger partial charge < -0.3 is 5.11 Å². The molecule has 0 bridgehead atoms. The number of carbonyl (C=O) groups is 1. The lowest BCUT2D eigenvalue weighted by Crippen LogP contribution is -2.27. The topological polar surface area (TPSA) is 37.3 Å². The molecule has 0 fully saturated rings. The van der Waals surface area contributed by atoms with Crippen molar-refractivity contribution in [1.29, 1.82) is 0 Å². The summed E-state index contributed by atoms with van der Waals surface area (Å²) in [6, 6.07) is 0. The lowest BCUT2D eigenvalue weighted by atomic mass is 9.86. The molecule has 0 aromatic rings. The molecule has 2 nitrogen and oxygen atoms in total. The molecule has 0 rings (SSSR count). The average molecular weight is 176 g/mol. The van der Waals surface area contributed by atoms with Gasteiger partial charge in [-0.25, -0.2) is 4.39 Å². The minimum absolute atomic E-state index is 0.0162. The predicted molar refractivity (Wildman–Crippen MR) is 45.8 cm³/mol. The Morgan fingerprint density at radius 1 is 1.50 bits per heavy atom. The highest BCUT2D eigenvalue weighted by molar-refractivity contribution is 5.70. The summed E-state index contributed by atoms with van der Waals surface area (Å²) in [7, 11) is 0. The van der Waals surface area contributed by atoms with Gasteiger partial charge >= 0.3 is 5.97 Å².